The van der Waals surface area contributed by atoms with Gasteiger partial charge in [-0.05, 0) is 19.3 Å². The summed E-state index contributed by atoms with van der Waals surface area (Å²) in [4.78, 5) is 12.9. The van der Waals surface area contributed by atoms with E-state index in [9.17, 15) is 30.3 Å². The number of carbonyl (C=O) groups excluding carboxylic acids is 1. The van der Waals surface area contributed by atoms with Crippen molar-refractivity contribution in [1.82, 2.24) is 5.32 Å². The van der Waals surface area contributed by atoms with Gasteiger partial charge in [0.15, 0.2) is 6.29 Å². The maximum absolute atomic E-state index is 12.9. The SMILES string of the molecule is CCCCCCCCCCCCCCC/C=C/[C@@H](O)[C@H](CO[C@@H]1O[C@H](CO)[C@H](O)C(O)C1O)NC(=O)CCCCCCCCCCCCCCCC. The predicted octanol–water partition coefficient (Wildman–Crippen LogP) is 8.56. The molecule has 9 heteroatoms. The molecule has 1 aliphatic rings. The molecule has 1 rings (SSSR count). The average molecular weight is 742 g/mol. The monoisotopic (exact) mass is 742 g/mol. The summed E-state index contributed by atoms with van der Waals surface area (Å²) < 4.78 is 11.2. The number of hydrogen-bond acceptors (Lipinski definition) is 8. The van der Waals surface area contributed by atoms with Crippen molar-refractivity contribution < 1.29 is 39.8 Å². The van der Waals surface area contributed by atoms with E-state index >= 15 is 0 Å². The van der Waals surface area contributed by atoms with Crippen LogP contribution in [0.25, 0.3) is 0 Å². The van der Waals surface area contributed by atoms with E-state index in [1.807, 2.05) is 6.08 Å². The Morgan fingerprint density at radius 3 is 1.50 bits per heavy atom. The fraction of sp³-hybridized carbons (Fsp3) is 0.930. The van der Waals surface area contributed by atoms with Gasteiger partial charge in [-0.25, -0.2) is 0 Å². The number of rotatable bonds is 36. The Morgan fingerprint density at radius 1 is 0.635 bits per heavy atom. The molecule has 1 saturated heterocycles. The minimum atomic E-state index is -1.56. The van der Waals surface area contributed by atoms with Gasteiger partial charge in [0.05, 0.1) is 25.4 Å². The van der Waals surface area contributed by atoms with Gasteiger partial charge in [0.2, 0.25) is 5.91 Å². The van der Waals surface area contributed by atoms with Crippen LogP contribution in [0.4, 0.5) is 0 Å². The number of ether oxygens (including phenoxy) is 2. The van der Waals surface area contributed by atoms with Gasteiger partial charge in [-0.1, -0.05) is 187 Å². The van der Waals surface area contributed by atoms with Crippen LogP contribution in [-0.4, -0.2) is 87.5 Å². The molecule has 0 saturated carbocycles. The molecule has 1 amide bonds. The third kappa shape index (κ3) is 25.1. The van der Waals surface area contributed by atoms with E-state index in [0.717, 1.165) is 38.5 Å². The lowest BCUT2D eigenvalue weighted by atomic mass is 9.99. The van der Waals surface area contributed by atoms with E-state index in [2.05, 4.69) is 19.2 Å². The smallest absolute Gasteiger partial charge is 0.220 e. The third-order valence-corrected chi connectivity index (χ3v) is 10.6. The number of allylic oxidation sites excluding steroid dienone is 1. The van der Waals surface area contributed by atoms with Crippen molar-refractivity contribution in [2.75, 3.05) is 13.2 Å². The van der Waals surface area contributed by atoms with E-state index in [1.54, 1.807) is 6.08 Å². The Balaban J connectivity index is 2.39. The van der Waals surface area contributed by atoms with Gasteiger partial charge in [-0.3, -0.25) is 4.79 Å². The van der Waals surface area contributed by atoms with E-state index in [4.69, 9.17) is 9.47 Å². The van der Waals surface area contributed by atoms with Gasteiger partial charge in [0.25, 0.3) is 0 Å². The van der Waals surface area contributed by atoms with Crippen molar-refractivity contribution in [2.24, 2.45) is 0 Å². The van der Waals surface area contributed by atoms with Crippen molar-refractivity contribution in [3.05, 3.63) is 12.2 Å². The molecule has 0 aromatic rings. The Bertz CT molecular complexity index is 827. The molecule has 0 aliphatic carbocycles. The minimum absolute atomic E-state index is 0.176. The fourth-order valence-corrected chi connectivity index (χ4v) is 7.04. The average Bonchev–Trinajstić information content (AvgIpc) is 3.14. The summed E-state index contributed by atoms with van der Waals surface area (Å²) in [6.45, 7) is 3.77. The second-order valence-electron chi connectivity index (χ2n) is 15.5. The number of unbranched alkanes of at least 4 members (excludes halogenated alkanes) is 26. The lowest BCUT2D eigenvalue weighted by Gasteiger charge is -2.40. The highest BCUT2D eigenvalue weighted by Crippen LogP contribution is 2.22. The molecule has 0 aromatic carbocycles. The van der Waals surface area contributed by atoms with Gasteiger partial charge in [-0.15, -0.1) is 0 Å². The molecule has 0 radical (unpaired) electrons. The highest BCUT2D eigenvalue weighted by atomic mass is 16.7. The number of hydrogen-bond donors (Lipinski definition) is 6. The normalized spacial score (nSPS) is 21.9. The highest BCUT2D eigenvalue weighted by Gasteiger charge is 2.44. The molecule has 0 spiro atoms. The van der Waals surface area contributed by atoms with Gasteiger partial charge in [0.1, 0.15) is 24.4 Å². The third-order valence-electron chi connectivity index (χ3n) is 10.6. The quantitative estimate of drug-likeness (QED) is 0.0277. The van der Waals surface area contributed by atoms with Gasteiger partial charge in [-0.2, -0.15) is 0 Å². The Kier molecular flexibility index (Phi) is 32.4. The first-order valence-electron chi connectivity index (χ1n) is 21.9. The lowest BCUT2D eigenvalue weighted by molar-refractivity contribution is -0.302. The zero-order valence-electron chi connectivity index (χ0n) is 33.6. The van der Waals surface area contributed by atoms with Crippen LogP contribution in [0.3, 0.4) is 0 Å². The van der Waals surface area contributed by atoms with Crippen LogP contribution in [0, 0.1) is 0 Å². The molecule has 308 valence electrons. The zero-order chi connectivity index (χ0) is 38.1. The second-order valence-corrected chi connectivity index (χ2v) is 15.5. The van der Waals surface area contributed by atoms with Gasteiger partial charge < -0.3 is 40.3 Å². The molecular weight excluding hydrogens is 658 g/mol. The molecule has 9 nitrogen and oxygen atoms in total. The summed E-state index contributed by atoms with van der Waals surface area (Å²) in [6, 6.07) is -0.797. The molecular formula is C43H83NO8. The standard InChI is InChI=1S/C43H83NO8/c1-3-5-7-9-11-13-15-17-19-20-22-24-26-28-30-32-37(46)36(35-51-43-42(50)41(49)40(48)38(34-45)52-43)44-39(47)33-31-29-27-25-23-21-18-16-14-12-10-8-6-4-2/h30,32,36-38,40-43,45-46,48-50H,3-29,31,33-35H2,1-2H3,(H,44,47)/b32-30+/t36-,37+,38+,40-,41?,42?,43+/m0/s1. The molecule has 1 heterocycles. The second kappa shape index (κ2) is 34.4. The number of nitrogens with one attached hydrogen (secondary N) is 1. The Morgan fingerprint density at radius 2 is 1.06 bits per heavy atom. The fourth-order valence-electron chi connectivity index (χ4n) is 7.04. The first-order chi connectivity index (χ1) is 25.3. The van der Waals surface area contributed by atoms with Crippen LogP contribution in [0.15, 0.2) is 12.2 Å². The Labute approximate surface area is 318 Å². The summed E-state index contributed by atoms with van der Waals surface area (Å²) in [5, 5.41) is 54.1. The van der Waals surface area contributed by atoms with E-state index in [-0.39, 0.29) is 12.5 Å². The van der Waals surface area contributed by atoms with Crippen LogP contribution >= 0.6 is 0 Å². The van der Waals surface area contributed by atoms with E-state index < -0.39 is 49.5 Å². The molecule has 0 aromatic heterocycles. The topological polar surface area (TPSA) is 149 Å². The summed E-state index contributed by atoms with van der Waals surface area (Å²) >= 11 is 0. The molecule has 1 aliphatic heterocycles. The number of amides is 1. The Hall–Kier alpha value is -1.07. The molecule has 7 atom stereocenters. The van der Waals surface area contributed by atoms with Crippen molar-refractivity contribution in [3.8, 4) is 0 Å². The van der Waals surface area contributed by atoms with Crippen LogP contribution in [-0.2, 0) is 14.3 Å². The van der Waals surface area contributed by atoms with Crippen LogP contribution in [0.5, 0.6) is 0 Å². The molecule has 6 N–H and O–H groups in total. The van der Waals surface area contributed by atoms with Crippen molar-refractivity contribution >= 4 is 5.91 Å². The number of carbonyl (C=O) groups is 1. The van der Waals surface area contributed by atoms with Crippen molar-refractivity contribution in [1.29, 1.82) is 0 Å². The first-order valence-corrected chi connectivity index (χ1v) is 21.9. The first kappa shape index (κ1) is 48.9. The molecule has 1 fully saturated rings. The summed E-state index contributed by atoms with van der Waals surface area (Å²) in [7, 11) is 0. The number of aliphatic hydroxyl groups is 5. The maximum atomic E-state index is 12.9. The summed E-state index contributed by atoms with van der Waals surface area (Å²) in [5.74, 6) is -0.176. The maximum Gasteiger partial charge on any atom is 0.220 e. The highest BCUT2D eigenvalue weighted by molar-refractivity contribution is 5.76. The van der Waals surface area contributed by atoms with Gasteiger partial charge in [0, 0.05) is 6.42 Å². The minimum Gasteiger partial charge on any atom is -0.394 e. The largest absolute Gasteiger partial charge is 0.394 e. The van der Waals surface area contributed by atoms with E-state index in [0.29, 0.717) is 6.42 Å². The predicted molar refractivity (Wildman–Crippen MR) is 212 cm³/mol. The van der Waals surface area contributed by atoms with Crippen LogP contribution in [0.1, 0.15) is 200 Å². The van der Waals surface area contributed by atoms with Gasteiger partial charge >= 0.3 is 0 Å². The van der Waals surface area contributed by atoms with E-state index in [1.165, 1.54) is 141 Å². The number of aliphatic hydroxyl groups excluding tert-OH is 5. The van der Waals surface area contributed by atoms with Crippen LogP contribution < -0.4 is 5.32 Å². The lowest BCUT2D eigenvalue weighted by Crippen LogP contribution is -2.60. The van der Waals surface area contributed by atoms with Crippen molar-refractivity contribution in [3.63, 3.8) is 0 Å². The zero-order valence-corrected chi connectivity index (χ0v) is 33.6. The summed E-state index contributed by atoms with van der Waals surface area (Å²) in [6.07, 6.45) is 31.0. The van der Waals surface area contributed by atoms with Crippen molar-refractivity contribution in [2.45, 2.75) is 243 Å². The molecule has 0 bridgehead atoms. The van der Waals surface area contributed by atoms with Crippen LogP contribution in [0.2, 0.25) is 0 Å². The molecule has 52 heavy (non-hydrogen) atoms. The summed E-state index contributed by atoms with van der Waals surface area (Å²) in [5.41, 5.74) is 0. The molecule has 2 unspecified atom stereocenters.